The molecule has 154 valence electrons. The molecule has 0 amide bonds. The van der Waals surface area contributed by atoms with Gasteiger partial charge in [0.05, 0.1) is 15.8 Å². The second kappa shape index (κ2) is 8.72. The maximum atomic E-state index is 11.5. The fraction of sp³-hybridized carbons (Fsp3) is 0.364. The fourth-order valence-electron chi connectivity index (χ4n) is 3.30. The highest BCUT2D eigenvalue weighted by Gasteiger charge is 2.28. The minimum atomic E-state index is -0.421. The van der Waals surface area contributed by atoms with E-state index in [1.54, 1.807) is 11.3 Å². The van der Waals surface area contributed by atoms with Crippen LogP contribution in [-0.4, -0.2) is 23.2 Å². The van der Waals surface area contributed by atoms with Gasteiger partial charge in [0.1, 0.15) is 12.7 Å². The smallest absolute Gasteiger partial charge is 0.302 e. The molecule has 29 heavy (non-hydrogen) atoms. The van der Waals surface area contributed by atoms with E-state index in [0.29, 0.717) is 5.02 Å². The Morgan fingerprint density at radius 3 is 2.52 bits per heavy atom. The lowest BCUT2D eigenvalue weighted by Gasteiger charge is -2.30. The number of aromatic nitrogens is 1. The third kappa shape index (κ3) is 5.37. The minimum Gasteiger partial charge on any atom is -0.463 e. The Balaban J connectivity index is 2.27. The quantitative estimate of drug-likeness (QED) is 0.353. The number of benzene rings is 2. The lowest BCUT2D eigenvalue weighted by molar-refractivity contribution is -0.150. The van der Waals surface area contributed by atoms with Crippen LogP contribution >= 0.6 is 38.9 Å². The first-order valence-electron chi connectivity index (χ1n) is 9.22. The van der Waals surface area contributed by atoms with Crippen molar-refractivity contribution in [1.82, 2.24) is 4.98 Å². The Bertz CT molecular complexity index is 1040. The van der Waals surface area contributed by atoms with Gasteiger partial charge < -0.3 is 9.47 Å². The summed E-state index contributed by atoms with van der Waals surface area (Å²) in [5.74, 6) is -0.334. The van der Waals surface area contributed by atoms with Crippen molar-refractivity contribution in [2.45, 2.75) is 46.3 Å². The van der Waals surface area contributed by atoms with Gasteiger partial charge in [-0.1, -0.05) is 23.7 Å². The first-order chi connectivity index (χ1) is 13.5. The van der Waals surface area contributed by atoms with E-state index in [2.05, 4.69) is 27.0 Å². The van der Waals surface area contributed by atoms with Gasteiger partial charge in [0.15, 0.2) is 3.92 Å². The zero-order valence-electron chi connectivity index (χ0n) is 17.0. The molecule has 1 heterocycles. The number of esters is 1. The van der Waals surface area contributed by atoms with Gasteiger partial charge in [-0.15, -0.1) is 11.3 Å². The summed E-state index contributed by atoms with van der Waals surface area (Å²) in [6, 6.07) is 9.78. The van der Waals surface area contributed by atoms with Crippen LogP contribution in [0.4, 0.5) is 0 Å². The van der Waals surface area contributed by atoms with Gasteiger partial charge in [-0.3, -0.25) is 4.79 Å². The summed E-state index contributed by atoms with van der Waals surface area (Å²) < 4.78 is 13.6. The van der Waals surface area contributed by atoms with Crippen LogP contribution in [0.25, 0.3) is 21.3 Å². The monoisotopic (exact) mass is 495 g/mol. The van der Waals surface area contributed by atoms with Crippen molar-refractivity contribution >= 4 is 55.1 Å². The highest BCUT2D eigenvalue weighted by atomic mass is 79.9. The number of carbonyl (C=O) groups is 1. The van der Waals surface area contributed by atoms with Gasteiger partial charge in [0, 0.05) is 17.5 Å². The molecule has 4 nitrogen and oxygen atoms in total. The van der Waals surface area contributed by atoms with E-state index in [1.807, 2.05) is 52.0 Å². The Hall–Kier alpha value is -1.47. The zero-order valence-corrected chi connectivity index (χ0v) is 20.2. The van der Waals surface area contributed by atoms with Gasteiger partial charge in [0.2, 0.25) is 0 Å². The Kier molecular flexibility index (Phi) is 6.68. The van der Waals surface area contributed by atoms with E-state index in [4.69, 9.17) is 21.1 Å². The summed E-state index contributed by atoms with van der Waals surface area (Å²) in [7, 11) is 0. The molecule has 7 heteroatoms. The number of halogens is 2. The van der Waals surface area contributed by atoms with Crippen molar-refractivity contribution in [2.24, 2.45) is 0 Å². The molecule has 0 N–H and O–H groups in total. The van der Waals surface area contributed by atoms with E-state index in [1.165, 1.54) is 6.92 Å². The molecule has 1 aromatic heterocycles. The molecule has 0 spiro atoms. The molecule has 0 aliphatic rings. The predicted octanol–water partition coefficient (Wildman–Crippen LogP) is 7.11. The molecular formula is C22H23BrClNO3S. The van der Waals surface area contributed by atoms with Gasteiger partial charge in [-0.2, -0.15) is 0 Å². The maximum absolute atomic E-state index is 11.5. The molecule has 0 unspecified atom stereocenters. The number of hydrogen-bond donors (Lipinski definition) is 0. The molecule has 0 fully saturated rings. The van der Waals surface area contributed by atoms with E-state index in [0.717, 1.165) is 36.4 Å². The van der Waals surface area contributed by atoms with E-state index < -0.39 is 11.7 Å². The SMILES string of the molecule is CC(=O)OC[C@@H](OC(C)(C)C)c1c(C)cc2nc(Br)sc2c1-c1ccc(Cl)cc1. The molecule has 0 aliphatic heterocycles. The summed E-state index contributed by atoms with van der Waals surface area (Å²) in [4.78, 5) is 16.1. The second-order valence-corrected chi connectivity index (χ2v) is 10.5. The van der Waals surface area contributed by atoms with E-state index in [9.17, 15) is 4.79 Å². The van der Waals surface area contributed by atoms with Crippen LogP contribution in [-0.2, 0) is 14.3 Å². The van der Waals surface area contributed by atoms with Gasteiger partial charge in [-0.05, 0) is 78.5 Å². The van der Waals surface area contributed by atoms with Crippen LogP contribution in [0.2, 0.25) is 5.02 Å². The molecule has 0 saturated carbocycles. The number of hydrogen-bond acceptors (Lipinski definition) is 5. The predicted molar refractivity (Wildman–Crippen MR) is 123 cm³/mol. The number of nitrogens with zero attached hydrogens (tertiary/aromatic N) is 1. The molecular weight excluding hydrogens is 474 g/mol. The third-order valence-electron chi connectivity index (χ3n) is 4.29. The lowest BCUT2D eigenvalue weighted by atomic mass is 9.91. The topological polar surface area (TPSA) is 48.4 Å². The van der Waals surface area contributed by atoms with Gasteiger partial charge >= 0.3 is 5.97 Å². The van der Waals surface area contributed by atoms with Gasteiger partial charge in [0.25, 0.3) is 0 Å². The maximum Gasteiger partial charge on any atom is 0.302 e. The molecule has 3 aromatic rings. The number of fused-ring (bicyclic) bond motifs is 1. The summed E-state index contributed by atoms with van der Waals surface area (Å²) in [6.45, 7) is 9.56. The molecule has 1 atom stereocenters. The van der Waals surface area contributed by atoms with E-state index >= 15 is 0 Å². The van der Waals surface area contributed by atoms with Crippen molar-refractivity contribution < 1.29 is 14.3 Å². The number of thiazole rings is 1. The van der Waals surface area contributed by atoms with Gasteiger partial charge in [-0.25, -0.2) is 4.98 Å². The number of rotatable bonds is 5. The second-order valence-electron chi connectivity index (χ2n) is 7.83. The number of aryl methyl sites for hydroxylation is 1. The van der Waals surface area contributed by atoms with Crippen LogP contribution in [0.5, 0.6) is 0 Å². The highest BCUT2D eigenvalue weighted by molar-refractivity contribution is 9.11. The van der Waals surface area contributed by atoms with Crippen LogP contribution in [0.1, 0.15) is 44.9 Å². The molecule has 0 bridgehead atoms. The summed E-state index contributed by atoms with van der Waals surface area (Å²) >= 11 is 11.2. The van der Waals surface area contributed by atoms with Crippen molar-refractivity contribution in [3.8, 4) is 11.1 Å². The fourth-order valence-corrected chi connectivity index (χ4v) is 4.95. The van der Waals surface area contributed by atoms with Crippen molar-refractivity contribution in [1.29, 1.82) is 0 Å². The third-order valence-corrected chi connectivity index (χ3v) is 6.08. The van der Waals surface area contributed by atoms with Crippen LogP contribution in [0, 0.1) is 6.92 Å². The van der Waals surface area contributed by atoms with E-state index in [-0.39, 0.29) is 12.6 Å². The normalized spacial score (nSPS) is 12.9. The first kappa shape index (κ1) is 22.2. The molecule has 0 saturated heterocycles. The standard InChI is InChI=1S/C22H23BrClNO3S/c1-12-10-16-20(29-21(23)25-16)19(14-6-8-15(24)9-7-14)18(12)17(11-27-13(2)26)28-22(3,4)5/h6-10,17H,11H2,1-5H3/t17-/m1/s1. The minimum absolute atomic E-state index is 0.138. The summed E-state index contributed by atoms with van der Waals surface area (Å²) in [5, 5.41) is 0.673. The highest BCUT2D eigenvalue weighted by Crippen LogP contribution is 2.43. The average molecular weight is 497 g/mol. The molecule has 3 rings (SSSR count). The number of ether oxygens (including phenoxy) is 2. The first-order valence-corrected chi connectivity index (χ1v) is 11.2. The lowest BCUT2D eigenvalue weighted by Crippen LogP contribution is -2.27. The number of carbonyl (C=O) groups excluding carboxylic acids is 1. The summed E-state index contributed by atoms with van der Waals surface area (Å²) in [6.07, 6.45) is -0.421. The Morgan fingerprint density at radius 1 is 1.28 bits per heavy atom. The zero-order chi connectivity index (χ0) is 21.3. The van der Waals surface area contributed by atoms with Crippen LogP contribution in [0.3, 0.4) is 0 Å². The molecule has 0 radical (unpaired) electrons. The van der Waals surface area contributed by atoms with Crippen molar-refractivity contribution in [3.63, 3.8) is 0 Å². The van der Waals surface area contributed by atoms with Crippen molar-refractivity contribution in [2.75, 3.05) is 6.61 Å². The van der Waals surface area contributed by atoms with Crippen LogP contribution < -0.4 is 0 Å². The molecule has 2 aromatic carbocycles. The van der Waals surface area contributed by atoms with Crippen LogP contribution in [0.15, 0.2) is 34.2 Å². The largest absolute Gasteiger partial charge is 0.463 e. The Morgan fingerprint density at radius 2 is 1.93 bits per heavy atom. The summed E-state index contributed by atoms with van der Waals surface area (Å²) in [5.41, 5.74) is 4.56. The Labute approximate surface area is 188 Å². The average Bonchev–Trinajstić information content (AvgIpc) is 2.97. The van der Waals surface area contributed by atoms with Crippen molar-refractivity contribution in [3.05, 3.63) is 50.4 Å². The molecule has 0 aliphatic carbocycles.